The zero-order valence-electron chi connectivity index (χ0n) is 10.2. The molecule has 0 bridgehead atoms. The normalized spacial score (nSPS) is 27.5. The van der Waals surface area contributed by atoms with Gasteiger partial charge < -0.3 is 10.1 Å². The van der Waals surface area contributed by atoms with E-state index in [0.29, 0.717) is 6.04 Å². The Hall–Kier alpha value is -0.680. The number of nitrogens with one attached hydrogen (secondary N) is 1. The fourth-order valence-electron chi connectivity index (χ4n) is 3.05. The van der Waals surface area contributed by atoms with Crippen LogP contribution < -0.4 is 5.32 Å². The molecule has 94 valence electrons. The van der Waals surface area contributed by atoms with Crippen LogP contribution in [0.1, 0.15) is 44.3 Å². The Balaban J connectivity index is 1.64. The van der Waals surface area contributed by atoms with E-state index in [4.69, 9.17) is 4.74 Å². The van der Waals surface area contributed by atoms with Crippen molar-refractivity contribution in [2.45, 2.75) is 57.1 Å². The summed E-state index contributed by atoms with van der Waals surface area (Å²) >= 11 is 1.46. The average Bonchev–Trinajstić information content (AvgIpc) is 2.89. The summed E-state index contributed by atoms with van der Waals surface area (Å²) in [6.45, 7) is 2.82. The molecule has 0 amide bonds. The lowest BCUT2D eigenvalue weighted by Crippen LogP contribution is -2.42. The van der Waals surface area contributed by atoms with E-state index in [1.54, 1.807) is 0 Å². The fraction of sp³-hybridized carbons (Fsp3) is 0.833. The van der Waals surface area contributed by atoms with Gasteiger partial charge in [0, 0.05) is 24.2 Å². The first-order valence-corrected chi connectivity index (χ1v) is 7.24. The van der Waals surface area contributed by atoms with Gasteiger partial charge in [0.2, 0.25) is 5.13 Å². The lowest BCUT2D eigenvalue weighted by atomic mass is 9.89. The minimum atomic E-state index is 0.176. The number of hydrogen-bond acceptors (Lipinski definition) is 5. The molecule has 3 rings (SSSR count). The van der Waals surface area contributed by atoms with Crippen molar-refractivity contribution >= 4 is 16.7 Å². The highest BCUT2D eigenvalue weighted by Gasteiger charge is 2.39. The number of nitrogens with zero attached hydrogens (tertiary/aromatic N) is 2. The monoisotopic (exact) mass is 253 g/mol. The Morgan fingerprint density at radius 2 is 2.24 bits per heavy atom. The van der Waals surface area contributed by atoms with Gasteiger partial charge in [-0.1, -0.05) is 12.8 Å². The molecule has 1 aromatic heterocycles. The molecule has 0 aromatic carbocycles. The van der Waals surface area contributed by atoms with Gasteiger partial charge in [0.05, 0.1) is 5.60 Å². The van der Waals surface area contributed by atoms with Crippen LogP contribution in [0.3, 0.4) is 0 Å². The van der Waals surface area contributed by atoms with Gasteiger partial charge in [-0.15, -0.1) is 0 Å². The molecule has 2 fully saturated rings. The summed E-state index contributed by atoms with van der Waals surface area (Å²) in [7, 11) is 0. The second-order valence-corrected chi connectivity index (χ2v) is 5.97. The number of rotatable bonds is 2. The van der Waals surface area contributed by atoms with Crippen LogP contribution in [-0.2, 0) is 4.74 Å². The van der Waals surface area contributed by atoms with Crippen molar-refractivity contribution in [3.8, 4) is 0 Å². The minimum absolute atomic E-state index is 0.176. The predicted molar refractivity (Wildman–Crippen MR) is 68.4 cm³/mol. The molecule has 1 aromatic rings. The van der Waals surface area contributed by atoms with Crippen LogP contribution in [0.5, 0.6) is 0 Å². The molecule has 1 atom stereocenters. The highest BCUT2D eigenvalue weighted by molar-refractivity contribution is 7.09. The maximum absolute atomic E-state index is 6.03. The Bertz CT molecular complexity index is 387. The molecule has 0 radical (unpaired) electrons. The molecule has 1 aliphatic heterocycles. The van der Waals surface area contributed by atoms with E-state index in [1.807, 2.05) is 6.92 Å². The standard InChI is InChI=1S/C12H19N3OS/c1-9-13-11(17-15-9)14-10-4-7-16-12(8-10)5-2-3-6-12/h10H,2-8H2,1H3,(H,13,14,15)/t10-/m1/s1. The molecule has 2 heterocycles. The van der Waals surface area contributed by atoms with E-state index in [9.17, 15) is 0 Å². The summed E-state index contributed by atoms with van der Waals surface area (Å²) in [5.41, 5.74) is 0.176. The second-order valence-electron chi connectivity index (χ2n) is 5.22. The lowest BCUT2D eigenvalue weighted by Gasteiger charge is -2.38. The van der Waals surface area contributed by atoms with E-state index in [-0.39, 0.29) is 5.60 Å². The molecular formula is C12H19N3OS. The van der Waals surface area contributed by atoms with Crippen LogP contribution in [-0.4, -0.2) is 27.6 Å². The van der Waals surface area contributed by atoms with Crippen LogP contribution in [0, 0.1) is 6.92 Å². The zero-order valence-corrected chi connectivity index (χ0v) is 11.1. The summed E-state index contributed by atoms with van der Waals surface area (Å²) in [5.74, 6) is 0.861. The van der Waals surface area contributed by atoms with Crippen LogP contribution in [0.4, 0.5) is 5.13 Å². The Morgan fingerprint density at radius 3 is 2.94 bits per heavy atom. The van der Waals surface area contributed by atoms with Crippen molar-refractivity contribution in [1.82, 2.24) is 9.36 Å². The third-order valence-electron chi connectivity index (χ3n) is 3.86. The third-order valence-corrected chi connectivity index (χ3v) is 4.60. The lowest BCUT2D eigenvalue weighted by molar-refractivity contribution is -0.0767. The molecule has 1 saturated carbocycles. The first-order chi connectivity index (χ1) is 8.26. The molecule has 1 N–H and O–H groups in total. The molecule has 2 aliphatic rings. The Morgan fingerprint density at radius 1 is 1.41 bits per heavy atom. The van der Waals surface area contributed by atoms with Gasteiger partial charge in [-0.2, -0.15) is 4.37 Å². The Labute approximate surface area is 106 Å². The first kappa shape index (κ1) is 11.4. The number of anilines is 1. The zero-order chi connectivity index (χ0) is 11.7. The highest BCUT2D eigenvalue weighted by Crippen LogP contribution is 2.40. The first-order valence-electron chi connectivity index (χ1n) is 6.47. The van der Waals surface area contributed by atoms with Crippen molar-refractivity contribution in [2.75, 3.05) is 11.9 Å². The van der Waals surface area contributed by atoms with Gasteiger partial charge in [-0.25, -0.2) is 4.98 Å². The van der Waals surface area contributed by atoms with Crippen LogP contribution in [0.25, 0.3) is 0 Å². The van der Waals surface area contributed by atoms with Crippen LogP contribution in [0.15, 0.2) is 0 Å². The van der Waals surface area contributed by atoms with Crippen LogP contribution in [0.2, 0.25) is 0 Å². The van der Waals surface area contributed by atoms with Crippen LogP contribution >= 0.6 is 11.5 Å². The summed E-state index contributed by atoms with van der Waals surface area (Å²) in [5, 5.41) is 4.48. The van der Waals surface area contributed by atoms with Crippen molar-refractivity contribution in [3.05, 3.63) is 5.82 Å². The number of aryl methyl sites for hydroxylation is 1. The van der Waals surface area contributed by atoms with E-state index >= 15 is 0 Å². The minimum Gasteiger partial charge on any atom is -0.375 e. The maximum atomic E-state index is 6.03. The molecule has 0 unspecified atom stereocenters. The largest absolute Gasteiger partial charge is 0.375 e. The maximum Gasteiger partial charge on any atom is 0.202 e. The second kappa shape index (κ2) is 4.53. The number of aromatic nitrogens is 2. The molecule has 4 nitrogen and oxygen atoms in total. The van der Waals surface area contributed by atoms with Gasteiger partial charge in [0.1, 0.15) is 5.82 Å². The molecule has 5 heteroatoms. The van der Waals surface area contributed by atoms with E-state index in [0.717, 1.165) is 30.4 Å². The van der Waals surface area contributed by atoms with E-state index in [1.165, 1.54) is 37.2 Å². The summed E-state index contributed by atoms with van der Waals surface area (Å²) < 4.78 is 10.2. The highest BCUT2D eigenvalue weighted by atomic mass is 32.1. The van der Waals surface area contributed by atoms with E-state index < -0.39 is 0 Å². The van der Waals surface area contributed by atoms with Crippen molar-refractivity contribution < 1.29 is 4.74 Å². The van der Waals surface area contributed by atoms with Gasteiger partial charge in [0.15, 0.2) is 0 Å². The van der Waals surface area contributed by atoms with Crippen molar-refractivity contribution in [1.29, 1.82) is 0 Å². The van der Waals surface area contributed by atoms with Gasteiger partial charge in [0.25, 0.3) is 0 Å². The summed E-state index contributed by atoms with van der Waals surface area (Å²) in [4.78, 5) is 4.38. The average molecular weight is 253 g/mol. The molecule has 17 heavy (non-hydrogen) atoms. The predicted octanol–water partition coefficient (Wildman–Crippen LogP) is 2.75. The molecule has 1 aliphatic carbocycles. The van der Waals surface area contributed by atoms with E-state index in [2.05, 4.69) is 14.7 Å². The van der Waals surface area contributed by atoms with Crippen molar-refractivity contribution in [2.24, 2.45) is 0 Å². The summed E-state index contributed by atoms with van der Waals surface area (Å²) in [6.07, 6.45) is 7.34. The van der Waals surface area contributed by atoms with Gasteiger partial charge in [-0.3, -0.25) is 0 Å². The topological polar surface area (TPSA) is 47.0 Å². The number of hydrogen-bond donors (Lipinski definition) is 1. The van der Waals surface area contributed by atoms with Gasteiger partial charge in [-0.05, 0) is 32.6 Å². The molecular weight excluding hydrogens is 234 g/mol. The third kappa shape index (κ3) is 2.45. The SMILES string of the molecule is Cc1nsc(N[C@@H]2CCOC3(CCCC3)C2)n1. The van der Waals surface area contributed by atoms with Crippen molar-refractivity contribution in [3.63, 3.8) is 0 Å². The fourth-order valence-corrected chi connectivity index (χ4v) is 3.70. The quantitative estimate of drug-likeness (QED) is 0.880. The molecule has 1 spiro atoms. The smallest absolute Gasteiger partial charge is 0.202 e. The Kier molecular flexibility index (Phi) is 3.04. The number of ether oxygens (including phenoxy) is 1. The summed E-state index contributed by atoms with van der Waals surface area (Å²) in [6, 6.07) is 0.509. The molecule has 1 saturated heterocycles. The van der Waals surface area contributed by atoms with Gasteiger partial charge >= 0.3 is 0 Å².